The van der Waals surface area contributed by atoms with Crippen molar-refractivity contribution in [3.63, 3.8) is 0 Å². The monoisotopic (exact) mass is 315 g/mol. The third-order valence-corrected chi connectivity index (χ3v) is 4.48. The van der Waals surface area contributed by atoms with Crippen LogP contribution in [0.2, 0.25) is 0 Å². The standard InChI is InChI=1S/C17H21N3O3/c1-10(2)20-16(22)13-7-6-12(8-14(13)19-17(20)23)15(21)18-9-11-4-3-5-11/h6-8,10-11H,3-5,9H2,1-2H3,(H,18,21)(H,19,23). The van der Waals surface area contributed by atoms with E-state index in [2.05, 4.69) is 10.3 Å². The van der Waals surface area contributed by atoms with Gasteiger partial charge in [-0.05, 0) is 50.8 Å². The van der Waals surface area contributed by atoms with Gasteiger partial charge in [0.2, 0.25) is 0 Å². The lowest BCUT2D eigenvalue weighted by molar-refractivity contribution is 0.0939. The minimum absolute atomic E-state index is 0.173. The van der Waals surface area contributed by atoms with Gasteiger partial charge in [0.05, 0.1) is 10.9 Å². The highest BCUT2D eigenvalue weighted by Crippen LogP contribution is 2.25. The van der Waals surface area contributed by atoms with E-state index in [-0.39, 0.29) is 17.5 Å². The van der Waals surface area contributed by atoms with Gasteiger partial charge in [0.1, 0.15) is 0 Å². The SMILES string of the molecule is CC(C)n1c(=O)[nH]c2cc(C(=O)NCC3CCC3)ccc2c1=O. The van der Waals surface area contributed by atoms with Gasteiger partial charge in [0, 0.05) is 18.2 Å². The zero-order valence-corrected chi connectivity index (χ0v) is 13.4. The van der Waals surface area contributed by atoms with Crippen molar-refractivity contribution in [3.05, 3.63) is 44.6 Å². The first-order chi connectivity index (χ1) is 11.0. The molecule has 3 rings (SSSR count). The summed E-state index contributed by atoms with van der Waals surface area (Å²) in [5, 5.41) is 3.32. The highest BCUT2D eigenvalue weighted by atomic mass is 16.2. The molecule has 1 fully saturated rings. The van der Waals surface area contributed by atoms with Crippen molar-refractivity contribution in [1.82, 2.24) is 14.9 Å². The smallest absolute Gasteiger partial charge is 0.329 e. The number of nitrogens with one attached hydrogen (secondary N) is 2. The molecule has 0 radical (unpaired) electrons. The Morgan fingerprint density at radius 1 is 1.35 bits per heavy atom. The van der Waals surface area contributed by atoms with Crippen molar-refractivity contribution >= 4 is 16.8 Å². The van der Waals surface area contributed by atoms with Crippen LogP contribution in [0.15, 0.2) is 27.8 Å². The first kappa shape index (κ1) is 15.5. The van der Waals surface area contributed by atoms with Crippen LogP contribution in [0.5, 0.6) is 0 Å². The van der Waals surface area contributed by atoms with E-state index in [1.807, 2.05) is 0 Å². The molecular weight excluding hydrogens is 294 g/mol. The van der Waals surface area contributed by atoms with E-state index in [1.54, 1.807) is 32.0 Å². The molecule has 1 aliphatic rings. The average molecular weight is 315 g/mol. The quantitative estimate of drug-likeness (QED) is 0.902. The van der Waals surface area contributed by atoms with Gasteiger partial charge in [-0.3, -0.25) is 14.2 Å². The number of carbonyl (C=O) groups is 1. The van der Waals surface area contributed by atoms with Crippen molar-refractivity contribution < 1.29 is 4.79 Å². The summed E-state index contributed by atoms with van der Waals surface area (Å²) in [6.45, 7) is 4.25. The maximum Gasteiger partial charge on any atom is 0.329 e. The van der Waals surface area contributed by atoms with Gasteiger partial charge in [0.15, 0.2) is 0 Å². The Morgan fingerprint density at radius 2 is 2.09 bits per heavy atom. The molecule has 0 unspecified atom stereocenters. The summed E-state index contributed by atoms with van der Waals surface area (Å²) in [4.78, 5) is 39.3. The molecule has 23 heavy (non-hydrogen) atoms. The second-order valence-corrected chi connectivity index (χ2v) is 6.47. The number of benzene rings is 1. The van der Waals surface area contributed by atoms with E-state index < -0.39 is 5.69 Å². The lowest BCUT2D eigenvalue weighted by Crippen LogP contribution is -2.36. The maximum atomic E-state index is 12.4. The van der Waals surface area contributed by atoms with Crippen LogP contribution in [0.1, 0.15) is 49.5 Å². The number of aromatic amines is 1. The fraction of sp³-hybridized carbons (Fsp3) is 0.471. The molecular formula is C17H21N3O3. The summed E-state index contributed by atoms with van der Waals surface area (Å²) >= 11 is 0. The second-order valence-electron chi connectivity index (χ2n) is 6.47. The van der Waals surface area contributed by atoms with E-state index in [9.17, 15) is 14.4 Å². The summed E-state index contributed by atoms with van der Waals surface area (Å²) in [6, 6.07) is 4.58. The molecule has 2 N–H and O–H groups in total. The van der Waals surface area contributed by atoms with Crippen molar-refractivity contribution in [2.24, 2.45) is 5.92 Å². The number of nitrogens with zero attached hydrogens (tertiary/aromatic N) is 1. The number of rotatable bonds is 4. The van der Waals surface area contributed by atoms with Gasteiger partial charge in [-0.1, -0.05) is 6.42 Å². The van der Waals surface area contributed by atoms with Crippen LogP contribution in [-0.2, 0) is 0 Å². The van der Waals surface area contributed by atoms with E-state index in [1.165, 1.54) is 23.8 Å². The molecule has 1 saturated carbocycles. The molecule has 122 valence electrons. The zero-order chi connectivity index (χ0) is 16.6. The molecule has 6 heteroatoms. The summed E-state index contributed by atoms with van der Waals surface area (Å²) in [5.41, 5.74) is 0.0621. The average Bonchev–Trinajstić information content (AvgIpc) is 2.44. The van der Waals surface area contributed by atoms with E-state index in [4.69, 9.17) is 0 Å². The van der Waals surface area contributed by atoms with E-state index in [0.717, 1.165) is 0 Å². The number of hydrogen-bond donors (Lipinski definition) is 2. The molecule has 1 aromatic heterocycles. The number of hydrogen-bond acceptors (Lipinski definition) is 3. The molecule has 1 amide bonds. The molecule has 6 nitrogen and oxygen atoms in total. The van der Waals surface area contributed by atoms with Crippen molar-refractivity contribution in [1.29, 1.82) is 0 Å². The Kier molecular flexibility index (Phi) is 4.07. The zero-order valence-electron chi connectivity index (χ0n) is 13.4. The number of aromatic nitrogens is 2. The van der Waals surface area contributed by atoms with Gasteiger partial charge in [-0.25, -0.2) is 4.79 Å². The fourth-order valence-corrected chi connectivity index (χ4v) is 2.88. The van der Waals surface area contributed by atoms with Gasteiger partial charge in [0.25, 0.3) is 11.5 Å². The van der Waals surface area contributed by atoms with Gasteiger partial charge >= 0.3 is 5.69 Å². The minimum Gasteiger partial charge on any atom is -0.352 e. The Morgan fingerprint density at radius 3 is 2.70 bits per heavy atom. The first-order valence-electron chi connectivity index (χ1n) is 8.04. The predicted octanol–water partition coefficient (Wildman–Crippen LogP) is 1.80. The van der Waals surface area contributed by atoms with Crippen LogP contribution in [0, 0.1) is 5.92 Å². The molecule has 1 aliphatic carbocycles. The minimum atomic E-state index is -0.454. The van der Waals surface area contributed by atoms with Crippen LogP contribution in [0.4, 0.5) is 0 Å². The molecule has 0 bridgehead atoms. The third-order valence-electron chi connectivity index (χ3n) is 4.48. The first-order valence-corrected chi connectivity index (χ1v) is 8.04. The van der Waals surface area contributed by atoms with Gasteiger partial charge in [-0.2, -0.15) is 0 Å². The molecule has 2 aromatic rings. The van der Waals surface area contributed by atoms with Crippen LogP contribution in [-0.4, -0.2) is 22.0 Å². The van der Waals surface area contributed by atoms with Crippen molar-refractivity contribution in [2.75, 3.05) is 6.54 Å². The van der Waals surface area contributed by atoms with Crippen LogP contribution in [0.3, 0.4) is 0 Å². The normalized spacial score (nSPS) is 14.9. The van der Waals surface area contributed by atoms with E-state index in [0.29, 0.717) is 28.9 Å². The van der Waals surface area contributed by atoms with Crippen LogP contribution >= 0.6 is 0 Å². The molecule has 0 atom stereocenters. The Labute approximate surface area is 133 Å². The summed E-state index contributed by atoms with van der Waals surface area (Å²) in [7, 11) is 0. The molecule has 1 aromatic carbocycles. The number of fused-ring (bicyclic) bond motifs is 1. The topological polar surface area (TPSA) is 84.0 Å². The number of carbonyl (C=O) groups excluding carboxylic acids is 1. The second kappa shape index (κ2) is 6.02. The Balaban J connectivity index is 1.92. The number of amides is 1. The lowest BCUT2D eigenvalue weighted by atomic mass is 9.85. The van der Waals surface area contributed by atoms with E-state index >= 15 is 0 Å². The Bertz CT molecular complexity index is 859. The van der Waals surface area contributed by atoms with Crippen LogP contribution < -0.4 is 16.6 Å². The summed E-state index contributed by atoms with van der Waals surface area (Å²) in [6.07, 6.45) is 3.57. The van der Waals surface area contributed by atoms with Crippen LogP contribution in [0.25, 0.3) is 10.9 Å². The Hall–Kier alpha value is -2.37. The van der Waals surface area contributed by atoms with Crippen molar-refractivity contribution in [3.8, 4) is 0 Å². The highest BCUT2D eigenvalue weighted by molar-refractivity contribution is 5.97. The third kappa shape index (κ3) is 2.93. The largest absolute Gasteiger partial charge is 0.352 e. The summed E-state index contributed by atoms with van der Waals surface area (Å²) in [5.74, 6) is 0.408. The fourth-order valence-electron chi connectivity index (χ4n) is 2.88. The molecule has 1 heterocycles. The molecule has 0 spiro atoms. The highest BCUT2D eigenvalue weighted by Gasteiger charge is 2.18. The predicted molar refractivity (Wildman–Crippen MR) is 88.9 cm³/mol. The van der Waals surface area contributed by atoms with Gasteiger partial charge in [-0.15, -0.1) is 0 Å². The van der Waals surface area contributed by atoms with Gasteiger partial charge < -0.3 is 10.3 Å². The lowest BCUT2D eigenvalue weighted by Gasteiger charge is -2.25. The van der Waals surface area contributed by atoms with Crippen molar-refractivity contribution in [2.45, 2.75) is 39.2 Å². The molecule has 0 saturated heterocycles. The number of H-pyrrole nitrogens is 1. The maximum absolute atomic E-state index is 12.4. The summed E-state index contributed by atoms with van der Waals surface area (Å²) < 4.78 is 1.18. The molecule has 0 aliphatic heterocycles.